The number of amides is 1. The van der Waals surface area contributed by atoms with Gasteiger partial charge in [-0.15, -0.1) is 0 Å². The number of fused-ring (bicyclic) bond motifs is 3. The van der Waals surface area contributed by atoms with Crippen molar-refractivity contribution in [1.82, 2.24) is 4.57 Å². The Hall–Kier alpha value is -4.79. The minimum absolute atomic E-state index is 0.262. The number of ether oxygens (including phenoxy) is 2. The highest BCUT2D eigenvalue weighted by Crippen LogP contribution is 2.41. The molecule has 6 nitrogen and oxygen atoms in total. The van der Waals surface area contributed by atoms with Crippen molar-refractivity contribution in [2.75, 3.05) is 13.7 Å². The number of carbonyl (C=O) groups excluding carboxylic acids is 2. The van der Waals surface area contributed by atoms with Gasteiger partial charge in [0.1, 0.15) is 5.75 Å². The predicted molar refractivity (Wildman–Crippen MR) is 141 cm³/mol. The van der Waals surface area contributed by atoms with Crippen molar-refractivity contribution in [2.24, 2.45) is 5.73 Å². The number of primary amides is 1. The Bertz CT molecular complexity index is 1690. The van der Waals surface area contributed by atoms with Gasteiger partial charge in [-0.25, -0.2) is 4.79 Å². The highest BCUT2D eigenvalue weighted by Gasteiger charge is 2.30. The van der Waals surface area contributed by atoms with Crippen molar-refractivity contribution in [2.45, 2.75) is 12.7 Å². The molecule has 198 valence electrons. The Balaban J connectivity index is 1.81. The fourth-order valence-corrected chi connectivity index (χ4v) is 4.69. The number of carbonyl (C=O) groups is 2. The second-order valence-corrected chi connectivity index (χ2v) is 8.94. The zero-order chi connectivity index (χ0) is 27.7. The molecule has 5 aromatic rings. The molecule has 5 rings (SSSR count). The molecule has 0 bridgehead atoms. The maximum Gasteiger partial charge on any atom is 0.416 e. The fraction of sp³-hybridized carbons (Fsp3) is 0.133. The first kappa shape index (κ1) is 25.8. The van der Waals surface area contributed by atoms with E-state index in [4.69, 9.17) is 15.2 Å². The quantitative estimate of drug-likeness (QED) is 0.254. The Morgan fingerprint density at radius 1 is 0.846 bits per heavy atom. The van der Waals surface area contributed by atoms with E-state index in [0.29, 0.717) is 39.5 Å². The van der Waals surface area contributed by atoms with Crippen LogP contribution in [0.3, 0.4) is 0 Å². The molecule has 0 aliphatic carbocycles. The summed E-state index contributed by atoms with van der Waals surface area (Å²) < 4.78 is 52.2. The Kier molecular flexibility index (Phi) is 6.74. The molecular formula is C30H23F3N2O4. The number of alkyl halides is 3. The van der Waals surface area contributed by atoms with Gasteiger partial charge in [-0.05, 0) is 53.1 Å². The van der Waals surface area contributed by atoms with E-state index in [9.17, 15) is 22.8 Å². The molecule has 1 heterocycles. The standard InChI is InChI=1S/C30H23F3N2O4/c1-38-26(36)17-39-25-15-20(19-10-12-21(13-11-19)30(31,32)33)14-24-28(25)27-22(29(34)37)8-5-9-23(27)35(24)16-18-6-3-2-4-7-18/h2-15H,16-17H2,1H3,(H2,34,37). The molecule has 0 atom stereocenters. The molecule has 0 aliphatic rings. The monoisotopic (exact) mass is 532 g/mol. The number of nitrogens with two attached hydrogens (primary N) is 1. The number of hydrogen-bond donors (Lipinski definition) is 1. The highest BCUT2D eigenvalue weighted by atomic mass is 19.4. The normalized spacial score (nSPS) is 11.6. The summed E-state index contributed by atoms with van der Waals surface area (Å²) in [6.07, 6.45) is -4.47. The number of hydrogen-bond acceptors (Lipinski definition) is 4. The van der Waals surface area contributed by atoms with Gasteiger partial charge in [0, 0.05) is 17.5 Å². The molecule has 39 heavy (non-hydrogen) atoms. The van der Waals surface area contributed by atoms with Gasteiger partial charge in [-0.3, -0.25) is 4.79 Å². The van der Waals surface area contributed by atoms with Crippen molar-refractivity contribution in [3.8, 4) is 16.9 Å². The first-order valence-corrected chi connectivity index (χ1v) is 12.0. The van der Waals surface area contributed by atoms with Crippen LogP contribution in [0.1, 0.15) is 21.5 Å². The van der Waals surface area contributed by atoms with E-state index < -0.39 is 30.2 Å². The van der Waals surface area contributed by atoms with Gasteiger partial charge >= 0.3 is 12.1 Å². The van der Waals surface area contributed by atoms with Crippen LogP contribution in [-0.2, 0) is 22.3 Å². The van der Waals surface area contributed by atoms with Gasteiger partial charge in [0.05, 0.1) is 29.1 Å². The van der Waals surface area contributed by atoms with Crippen molar-refractivity contribution in [3.05, 3.63) is 102 Å². The number of benzene rings is 4. The SMILES string of the molecule is COC(=O)COc1cc(-c2ccc(C(F)(F)F)cc2)cc2c1c1c(C(N)=O)cccc1n2Cc1ccccc1. The van der Waals surface area contributed by atoms with Crippen LogP contribution in [0.4, 0.5) is 13.2 Å². The van der Waals surface area contributed by atoms with Crippen LogP contribution in [0.25, 0.3) is 32.9 Å². The van der Waals surface area contributed by atoms with E-state index in [1.807, 2.05) is 47.0 Å². The summed E-state index contributed by atoms with van der Waals surface area (Å²) in [7, 11) is 1.23. The predicted octanol–water partition coefficient (Wildman–Crippen LogP) is 6.18. The number of nitrogens with zero attached hydrogens (tertiary/aromatic N) is 1. The maximum atomic E-state index is 13.2. The summed E-state index contributed by atoms with van der Waals surface area (Å²) in [5.41, 5.74) is 8.67. The van der Waals surface area contributed by atoms with Crippen LogP contribution in [0, 0.1) is 0 Å². The number of aromatic nitrogens is 1. The summed E-state index contributed by atoms with van der Waals surface area (Å²) in [4.78, 5) is 24.4. The molecule has 1 amide bonds. The first-order chi connectivity index (χ1) is 18.7. The maximum absolute atomic E-state index is 13.2. The van der Waals surface area contributed by atoms with Gasteiger partial charge in [0.25, 0.3) is 0 Å². The van der Waals surface area contributed by atoms with Crippen LogP contribution in [0.15, 0.2) is 84.9 Å². The molecule has 2 N–H and O–H groups in total. The lowest BCUT2D eigenvalue weighted by atomic mass is 9.99. The number of halogens is 3. The van der Waals surface area contributed by atoms with Crippen LogP contribution in [0.5, 0.6) is 5.75 Å². The topological polar surface area (TPSA) is 83.6 Å². The van der Waals surface area contributed by atoms with Crippen molar-refractivity contribution >= 4 is 33.7 Å². The largest absolute Gasteiger partial charge is 0.481 e. The number of methoxy groups -OCH3 is 1. The molecule has 0 aliphatic heterocycles. The lowest BCUT2D eigenvalue weighted by Gasteiger charge is -2.13. The Morgan fingerprint density at radius 3 is 2.21 bits per heavy atom. The van der Waals surface area contributed by atoms with E-state index in [2.05, 4.69) is 0 Å². The van der Waals surface area contributed by atoms with Crippen LogP contribution in [-0.4, -0.2) is 30.2 Å². The van der Waals surface area contributed by atoms with Gasteiger partial charge < -0.3 is 19.8 Å². The van der Waals surface area contributed by atoms with E-state index >= 15 is 0 Å². The molecule has 0 fully saturated rings. The lowest BCUT2D eigenvalue weighted by Crippen LogP contribution is -2.13. The molecule has 0 saturated carbocycles. The van der Waals surface area contributed by atoms with E-state index in [0.717, 1.165) is 17.7 Å². The second-order valence-electron chi connectivity index (χ2n) is 8.94. The van der Waals surface area contributed by atoms with E-state index in [-0.39, 0.29) is 11.3 Å². The third kappa shape index (κ3) is 5.03. The van der Waals surface area contributed by atoms with Gasteiger partial charge in [-0.2, -0.15) is 13.2 Å². The summed E-state index contributed by atoms with van der Waals surface area (Å²) in [5, 5.41) is 1.10. The fourth-order valence-electron chi connectivity index (χ4n) is 4.69. The van der Waals surface area contributed by atoms with Crippen molar-refractivity contribution in [3.63, 3.8) is 0 Å². The third-order valence-corrected chi connectivity index (χ3v) is 6.52. The molecule has 4 aromatic carbocycles. The number of esters is 1. The van der Waals surface area contributed by atoms with Gasteiger partial charge in [0.2, 0.25) is 5.91 Å². The van der Waals surface area contributed by atoms with Gasteiger partial charge in [0.15, 0.2) is 6.61 Å². The molecule has 0 spiro atoms. The molecule has 0 radical (unpaired) electrons. The Morgan fingerprint density at radius 2 is 1.56 bits per heavy atom. The zero-order valence-electron chi connectivity index (χ0n) is 20.8. The molecule has 0 saturated heterocycles. The zero-order valence-corrected chi connectivity index (χ0v) is 20.8. The average Bonchev–Trinajstić information content (AvgIpc) is 3.25. The van der Waals surface area contributed by atoms with E-state index in [1.54, 1.807) is 18.2 Å². The summed E-state index contributed by atoms with van der Waals surface area (Å²) in [5.74, 6) is -0.991. The molecule has 9 heteroatoms. The number of rotatable bonds is 7. The summed E-state index contributed by atoms with van der Waals surface area (Å²) in [6.45, 7) is 0.0160. The molecule has 0 unspecified atom stereocenters. The molecule has 1 aromatic heterocycles. The molecular weight excluding hydrogens is 509 g/mol. The van der Waals surface area contributed by atoms with Crippen molar-refractivity contribution < 1.29 is 32.2 Å². The summed E-state index contributed by atoms with van der Waals surface area (Å²) in [6, 6.07) is 23.1. The lowest BCUT2D eigenvalue weighted by molar-refractivity contribution is -0.143. The average molecular weight is 533 g/mol. The van der Waals surface area contributed by atoms with Crippen LogP contribution < -0.4 is 10.5 Å². The van der Waals surface area contributed by atoms with Crippen molar-refractivity contribution in [1.29, 1.82) is 0 Å². The summed E-state index contributed by atoms with van der Waals surface area (Å²) >= 11 is 0. The smallest absolute Gasteiger partial charge is 0.416 e. The minimum Gasteiger partial charge on any atom is -0.481 e. The van der Waals surface area contributed by atoms with Crippen LogP contribution in [0.2, 0.25) is 0 Å². The van der Waals surface area contributed by atoms with Crippen LogP contribution >= 0.6 is 0 Å². The second kappa shape index (κ2) is 10.2. The van der Waals surface area contributed by atoms with E-state index in [1.165, 1.54) is 19.2 Å². The first-order valence-electron chi connectivity index (χ1n) is 12.0. The highest BCUT2D eigenvalue weighted by molar-refractivity contribution is 6.20. The minimum atomic E-state index is -4.47. The Labute approximate surface area is 221 Å². The third-order valence-electron chi connectivity index (χ3n) is 6.52. The van der Waals surface area contributed by atoms with Gasteiger partial charge in [-0.1, -0.05) is 48.5 Å².